The van der Waals surface area contributed by atoms with Crippen LogP contribution in [0.25, 0.3) is 11.1 Å². The van der Waals surface area contributed by atoms with E-state index in [-0.39, 0.29) is 0 Å². The van der Waals surface area contributed by atoms with Crippen molar-refractivity contribution in [3.05, 3.63) is 114 Å². The van der Waals surface area contributed by atoms with Crippen LogP contribution in [0.4, 0.5) is 17.1 Å². The van der Waals surface area contributed by atoms with Crippen LogP contribution in [0.5, 0.6) is 0 Å². The highest BCUT2D eigenvalue weighted by Gasteiger charge is 2.13. The fourth-order valence-corrected chi connectivity index (χ4v) is 3.29. The molecule has 0 N–H and O–H groups in total. The van der Waals surface area contributed by atoms with Crippen molar-refractivity contribution in [3.8, 4) is 11.1 Å². The van der Waals surface area contributed by atoms with Crippen LogP contribution in [0.15, 0.2) is 103 Å². The Morgan fingerprint density at radius 1 is 0.444 bits per heavy atom. The molecular formula is C26H23N. The Hall–Kier alpha value is -3.32. The summed E-state index contributed by atoms with van der Waals surface area (Å²) in [6.07, 6.45) is 0. The van der Waals surface area contributed by atoms with E-state index < -0.39 is 0 Å². The predicted octanol–water partition coefficient (Wildman–Crippen LogP) is 7.44. The Labute approximate surface area is 161 Å². The van der Waals surface area contributed by atoms with Gasteiger partial charge in [0.05, 0.1) is 0 Å². The summed E-state index contributed by atoms with van der Waals surface area (Å²) < 4.78 is 0. The molecule has 1 heteroatoms. The number of anilines is 3. The van der Waals surface area contributed by atoms with Gasteiger partial charge in [-0.25, -0.2) is 0 Å². The fourth-order valence-electron chi connectivity index (χ4n) is 3.29. The maximum absolute atomic E-state index is 2.31. The number of aryl methyl sites for hydroxylation is 2. The molecule has 0 aliphatic rings. The first-order valence-corrected chi connectivity index (χ1v) is 9.30. The van der Waals surface area contributed by atoms with Crippen LogP contribution in [0.3, 0.4) is 0 Å². The van der Waals surface area contributed by atoms with Crippen LogP contribution in [-0.2, 0) is 0 Å². The van der Waals surface area contributed by atoms with Gasteiger partial charge in [-0.2, -0.15) is 0 Å². The lowest BCUT2D eigenvalue weighted by Crippen LogP contribution is -2.10. The Bertz CT molecular complexity index is 970. The second-order valence-corrected chi connectivity index (χ2v) is 6.92. The molecule has 132 valence electrons. The molecule has 0 heterocycles. The zero-order valence-electron chi connectivity index (χ0n) is 15.8. The molecule has 0 unspecified atom stereocenters. The third-order valence-corrected chi connectivity index (χ3v) is 4.80. The molecule has 0 aromatic heterocycles. The van der Waals surface area contributed by atoms with E-state index >= 15 is 0 Å². The van der Waals surface area contributed by atoms with Gasteiger partial charge in [-0.1, -0.05) is 77.9 Å². The van der Waals surface area contributed by atoms with Gasteiger partial charge in [0.25, 0.3) is 0 Å². The standard InChI is InChI=1S/C26H23N/c1-20-11-15-24(16-12-20)27(25-17-13-21(2)14-18-25)26-10-6-9-23(19-26)22-7-4-3-5-8-22/h3-19H,1-2H3. The summed E-state index contributed by atoms with van der Waals surface area (Å²) in [6.45, 7) is 4.24. The lowest BCUT2D eigenvalue weighted by Gasteiger charge is -2.26. The number of hydrogen-bond donors (Lipinski definition) is 0. The number of hydrogen-bond acceptors (Lipinski definition) is 1. The predicted molar refractivity (Wildman–Crippen MR) is 116 cm³/mol. The van der Waals surface area contributed by atoms with Crippen LogP contribution in [0.1, 0.15) is 11.1 Å². The van der Waals surface area contributed by atoms with E-state index in [2.05, 4.69) is 122 Å². The molecule has 4 rings (SSSR count). The highest BCUT2D eigenvalue weighted by molar-refractivity contribution is 5.79. The van der Waals surface area contributed by atoms with Crippen molar-refractivity contribution in [2.24, 2.45) is 0 Å². The van der Waals surface area contributed by atoms with E-state index in [0.29, 0.717) is 0 Å². The molecule has 0 atom stereocenters. The summed E-state index contributed by atoms with van der Waals surface area (Å²) in [5.41, 5.74) is 8.46. The van der Waals surface area contributed by atoms with Gasteiger partial charge >= 0.3 is 0 Å². The van der Waals surface area contributed by atoms with Crippen molar-refractivity contribution < 1.29 is 0 Å². The van der Waals surface area contributed by atoms with Crippen molar-refractivity contribution in [1.82, 2.24) is 0 Å². The first-order chi connectivity index (χ1) is 13.2. The quantitative estimate of drug-likeness (QED) is 0.370. The Morgan fingerprint density at radius 3 is 1.52 bits per heavy atom. The van der Waals surface area contributed by atoms with Gasteiger partial charge in [-0.3, -0.25) is 0 Å². The molecule has 4 aromatic carbocycles. The van der Waals surface area contributed by atoms with Crippen LogP contribution in [0, 0.1) is 13.8 Å². The second-order valence-electron chi connectivity index (χ2n) is 6.92. The van der Waals surface area contributed by atoms with E-state index in [9.17, 15) is 0 Å². The first-order valence-electron chi connectivity index (χ1n) is 9.30. The molecule has 1 nitrogen and oxygen atoms in total. The van der Waals surface area contributed by atoms with E-state index in [1.165, 1.54) is 22.3 Å². The Kier molecular flexibility index (Phi) is 4.76. The lowest BCUT2D eigenvalue weighted by molar-refractivity contribution is 1.27. The number of nitrogens with zero attached hydrogens (tertiary/aromatic N) is 1. The normalized spacial score (nSPS) is 10.6. The van der Waals surface area contributed by atoms with Gasteiger partial charge in [0.15, 0.2) is 0 Å². The van der Waals surface area contributed by atoms with Gasteiger partial charge in [0.2, 0.25) is 0 Å². The van der Waals surface area contributed by atoms with Gasteiger partial charge in [-0.15, -0.1) is 0 Å². The SMILES string of the molecule is Cc1ccc(N(c2ccc(C)cc2)c2cccc(-c3ccccc3)c2)cc1. The minimum atomic E-state index is 1.16. The molecule has 0 radical (unpaired) electrons. The van der Waals surface area contributed by atoms with Crippen molar-refractivity contribution in [1.29, 1.82) is 0 Å². The Balaban J connectivity index is 1.83. The van der Waals surface area contributed by atoms with E-state index in [1.807, 2.05) is 0 Å². The van der Waals surface area contributed by atoms with E-state index in [1.54, 1.807) is 0 Å². The summed E-state index contributed by atoms with van der Waals surface area (Å²) in [7, 11) is 0. The number of benzene rings is 4. The minimum absolute atomic E-state index is 1.16. The topological polar surface area (TPSA) is 3.24 Å². The van der Waals surface area contributed by atoms with Gasteiger partial charge < -0.3 is 4.90 Å². The third-order valence-electron chi connectivity index (χ3n) is 4.80. The average molecular weight is 349 g/mol. The van der Waals surface area contributed by atoms with Crippen LogP contribution >= 0.6 is 0 Å². The molecule has 0 bridgehead atoms. The van der Waals surface area contributed by atoms with E-state index in [0.717, 1.165) is 17.1 Å². The monoisotopic (exact) mass is 349 g/mol. The highest BCUT2D eigenvalue weighted by Crippen LogP contribution is 2.36. The summed E-state index contributed by atoms with van der Waals surface area (Å²) in [4.78, 5) is 2.31. The zero-order valence-corrected chi connectivity index (χ0v) is 15.8. The maximum Gasteiger partial charge on any atom is 0.0467 e. The molecule has 0 fully saturated rings. The van der Waals surface area contributed by atoms with Crippen LogP contribution in [0.2, 0.25) is 0 Å². The van der Waals surface area contributed by atoms with Crippen molar-refractivity contribution >= 4 is 17.1 Å². The van der Waals surface area contributed by atoms with Gasteiger partial charge in [-0.05, 0) is 61.4 Å². The molecule has 0 aliphatic carbocycles. The molecule has 0 amide bonds. The molecule has 0 saturated carbocycles. The molecule has 4 aromatic rings. The van der Waals surface area contributed by atoms with Crippen molar-refractivity contribution in [3.63, 3.8) is 0 Å². The molecular weight excluding hydrogens is 326 g/mol. The summed E-state index contributed by atoms with van der Waals surface area (Å²) in [6, 6.07) is 36.7. The molecule has 0 saturated heterocycles. The summed E-state index contributed by atoms with van der Waals surface area (Å²) >= 11 is 0. The highest BCUT2D eigenvalue weighted by atomic mass is 15.1. The fraction of sp³-hybridized carbons (Fsp3) is 0.0769. The summed E-state index contributed by atoms with van der Waals surface area (Å²) in [5.74, 6) is 0. The second kappa shape index (κ2) is 7.51. The maximum atomic E-state index is 2.31. The average Bonchev–Trinajstić information content (AvgIpc) is 2.72. The van der Waals surface area contributed by atoms with Crippen molar-refractivity contribution in [2.75, 3.05) is 4.90 Å². The zero-order chi connectivity index (χ0) is 18.6. The van der Waals surface area contributed by atoms with E-state index in [4.69, 9.17) is 0 Å². The molecule has 27 heavy (non-hydrogen) atoms. The van der Waals surface area contributed by atoms with Crippen molar-refractivity contribution in [2.45, 2.75) is 13.8 Å². The molecule has 0 aliphatic heterocycles. The largest absolute Gasteiger partial charge is 0.310 e. The smallest absolute Gasteiger partial charge is 0.0467 e. The van der Waals surface area contributed by atoms with Crippen LogP contribution < -0.4 is 4.90 Å². The third kappa shape index (κ3) is 3.78. The number of rotatable bonds is 4. The molecule has 0 spiro atoms. The summed E-state index contributed by atoms with van der Waals surface area (Å²) in [5, 5.41) is 0. The first kappa shape index (κ1) is 17.1. The lowest BCUT2D eigenvalue weighted by atomic mass is 10.0. The van der Waals surface area contributed by atoms with Gasteiger partial charge in [0.1, 0.15) is 0 Å². The minimum Gasteiger partial charge on any atom is -0.310 e. The van der Waals surface area contributed by atoms with Gasteiger partial charge in [0, 0.05) is 17.1 Å². The van der Waals surface area contributed by atoms with Crippen LogP contribution in [-0.4, -0.2) is 0 Å². The Morgan fingerprint density at radius 2 is 0.963 bits per heavy atom.